The monoisotopic (exact) mass is 368 g/mol. The van der Waals surface area contributed by atoms with Crippen LogP contribution in [0.2, 0.25) is 0 Å². The predicted octanol–water partition coefficient (Wildman–Crippen LogP) is 3.62. The van der Waals surface area contributed by atoms with E-state index in [1.54, 1.807) is 0 Å². The van der Waals surface area contributed by atoms with Gasteiger partial charge in [-0.05, 0) is 70.0 Å². The van der Waals surface area contributed by atoms with E-state index in [2.05, 4.69) is 42.3 Å². The van der Waals surface area contributed by atoms with Gasteiger partial charge in [0.05, 0.1) is 11.2 Å². The summed E-state index contributed by atoms with van der Waals surface area (Å²) in [6, 6.07) is 7.06. The minimum atomic E-state index is 0.613. The highest BCUT2D eigenvalue weighted by Gasteiger charge is 2.21. The maximum Gasteiger partial charge on any atom is 0.226 e. The lowest BCUT2D eigenvalue weighted by molar-refractivity contribution is 0.0653. The van der Waals surface area contributed by atoms with Gasteiger partial charge in [0.15, 0.2) is 0 Å². The van der Waals surface area contributed by atoms with Crippen molar-refractivity contribution >= 4 is 16.9 Å². The lowest BCUT2D eigenvalue weighted by Crippen LogP contribution is -2.36. The first-order valence-electron chi connectivity index (χ1n) is 10.5. The zero-order valence-corrected chi connectivity index (χ0v) is 16.7. The molecule has 4 rings (SSSR count). The third-order valence-electron chi connectivity index (χ3n) is 6.08. The first-order valence-corrected chi connectivity index (χ1v) is 10.5. The first kappa shape index (κ1) is 18.6. The molecule has 0 amide bonds. The zero-order chi connectivity index (χ0) is 18.6. The maximum atomic E-state index is 5.47. The van der Waals surface area contributed by atoms with Gasteiger partial charge in [0.25, 0.3) is 0 Å². The van der Waals surface area contributed by atoms with Crippen molar-refractivity contribution in [2.75, 3.05) is 37.7 Å². The van der Waals surface area contributed by atoms with Crippen molar-refractivity contribution in [3.63, 3.8) is 0 Å². The molecular weight excluding hydrogens is 336 g/mol. The van der Waals surface area contributed by atoms with Gasteiger partial charge in [0.1, 0.15) is 0 Å². The molecule has 1 aromatic carbocycles. The third-order valence-corrected chi connectivity index (χ3v) is 6.08. The number of nitrogens with one attached hydrogen (secondary N) is 1. The predicted molar refractivity (Wildman–Crippen MR) is 110 cm³/mol. The SMILES string of the molecule is Cc1ccc2c(C)nc(N3CCCC(NCC4CCOCC4)CC3)nc2c1. The van der Waals surface area contributed by atoms with Gasteiger partial charge in [-0.25, -0.2) is 9.97 Å². The Kier molecular flexibility index (Phi) is 5.89. The molecule has 27 heavy (non-hydrogen) atoms. The standard InChI is InChI=1S/C22H32N4O/c1-16-5-6-20-17(2)24-22(25-21(20)14-16)26-10-3-4-19(7-11-26)23-15-18-8-12-27-13-9-18/h5-6,14,18-19,23H,3-4,7-13,15H2,1-2H3. The summed E-state index contributed by atoms with van der Waals surface area (Å²) in [7, 11) is 0. The normalized spacial score (nSPS) is 22.1. The van der Waals surface area contributed by atoms with Gasteiger partial charge in [0, 0.05) is 37.7 Å². The Morgan fingerprint density at radius 1 is 1.07 bits per heavy atom. The van der Waals surface area contributed by atoms with Crippen molar-refractivity contribution in [1.82, 2.24) is 15.3 Å². The molecule has 1 aromatic heterocycles. The molecule has 0 spiro atoms. The van der Waals surface area contributed by atoms with E-state index in [1.165, 1.54) is 31.2 Å². The molecule has 0 aliphatic carbocycles. The van der Waals surface area contributed by atoms with E-state index in [4.69, 9.17) is 14.7 Å². The van der Waals surface area contributed by atoms with Crippen LogP contribution in [0.25, 0.3) is 10.9 Å². The average Bonchev–Trinajstić information content (AvgIpc) is 2.92. The summed E-state index contributed by atoms with van der Waals surface area (Å²) in [4.78, 5) is 12.1. The van der Waals surface area contributed by atoms with E-state index in [9.17, 15) is 0 Å². The minimum absolute atomic E-state index is 0.613. The van der Waals surface area contributed by atoms with Crippen molar-refractivity contribution in [3.8, 4) is 0 Å². The molecule has 0 radical (unpaired) electrons. The van der Waals surface area contributed by atoms with Crippen LogP contribution in [0.4, 0.5) is 5.95 Å². The molecule has 1 unspecified atom stereocenters. The molecule has 2 aliphatic rings. The van der Waals surface area contributed by atoms with E-state index < -0.39 is 0 Å². The smallest absolute Gasteiger partial charge is 0.226 e. The lowest BCUT2D eigenvalue weighted by Gasteiger charge is -2.25. The average molecular weight is 369 g/mol. The fourth-order valence-electron chi connectivity index (χ4n) is 4.31. The van der Waals surface area contributed by atoms with Gasteiger partial charge < -0.3 is 15.0 Å². The van der Waals surface area contributed by atoms with Gasteiger partial charge in [-0.2, -0.15) is 0 Å². The molecule has 2 aliphatic heterocycles. The van der Waals surface area contributed by atoms with E-state index >= 15 is 0 Å². The summed E-state index contributed by atoms with van der Waals surface area (Å²) in [6.07, 6.45) is 6.01. The van der Waals surface area contributed by atoms with Crippen molar-refractivity contribution in [2.24, 2.45) is 5.92 Å². The number of rotatable bonds is 4. The summed E-state index contributed by atoms with van der Waals surface area (Å²) < 4.78 is 5.47. The molecule has 146 valence electrons. The quantitative estimate of drug-likeness (QED) is 0.893. The molecule has 1 N–H and O–H groups in total. The second kappa shape index (κ2) is 8.53. The molecule has 3 heterocycles. The fourth-order valence-corrected chi connectivity index (χ4v) is 4.31. The Labute approximate surface area is 162 Å². The van der Waals surface area contributed by atoms with Crippen molar-refractivity contribution in [1.29, 1.82) is 0 Å². The van der Waals surface area contributed by atoms with Gasteiger partial charge in [-0.15, -0.1) is 0 Å². The van der Waals surface area contributed by atoms with Gasteiger partial charge in [-0.1, -0.05) is 12.1 Å². The van der Waals surface area contributed by atoms with Crippen molar-refractivity contribution < 1.29 is 4.74 Å². The van der Waals surface area contributed by atoms with E-state index in [0.717, 1.165) is 67.7 Å². The maximum absolute atomic E-state index is 5.47. The Morgan fingerprint density at radius 3 is 2.78 bits per heavy atom. The molecule has 0 saturated carbocycles. The molecule has 2 saturated heterocycles. The van der Waals surface area contributed by atoms with Crippen LogP contribution in [0, 0.1) is 19.8 Å². The Morgan fingerprint density at radius 2 is 1.93 bits per heavy atom. The minimum Gasteiger partial charge on any atom is -0.381 e. The third kappa shape index (κ3) is 4.58. The summed E-state index contributed by atoms with van der Waals surface area (Å²) in [5.74, 6) is 1.68. The van der Waals surface area contributed by atoms with Crippen molar-refractivity contribution in [2.45, 2.75) is 52.0 Å². The number of hydrogen-bond donors (Lipinski definition) is 1. The van der Waals surface area contributed by atoms with Crippen LogP contribution >= 0.6 is 0 Å². The molecule has 1 atom stereocenters. The Hall–Kier alpha value is -1.72. The van der Waals surface area contributed by atoms with Crippen LogP contribution in [0.1, 0.15) is 43.4 Å². The van der Waals surface area contributed by atoms with Crippen LogP contribution < -0.4 is 10.2 Å². The Balaban J connectivity index is 1.39. The molecular formula is C22H32N4O. The summed E-state index contributed by atoms with van der Waals surface area (Å²) in [5, 5.41) is 4.99. The molecule has 2 aromatic rings. The van der Waals surface area contributed by atoms with E-state index in [0.29, 0.717) is 6.04 Å². The second-order valence-corrected chi connectivity index (χ2v) is 8.21. The number of nitrogens with zero attached hydrogens (tertiary/aromatic N) is 3. The van der Waals surface area contributed by atoms with Crippen LogP contribution in [0.15, 0.2) is 18.2 Å². The van der Waals surface area contributed by atoms with Gasteiger partial charge >= 0.3 is 0 Å². The largest absolute Gasteiger partial charge is 0.381 e. The van der Waals surface area contributed by atoms with E-state index in [-0.39, 0.29) is 0 Å². The highest BCUT2D eigenvalue weighted by molar-refractivity contribution is 5.82. The van der Waals surface area contributed by atoms with Crippen LogP contribution in [-0.2, 0) is 4.74 Å². The summed E-state index contributed by atoms with van der Waals surface area (Å²) in [6.45, 7) is 9.30. The number of benzene rings is 1. The zero-order valence-electron chi connectivity index (χ0n) is 16.7. The number of aryl methyl sites for hydroxylation is 2. The number of aromatic nitrogens is 2. The molecule has 2 fully saturated rings. The summed E-state index contributed by atoms with van der Waals surface area (Å²) >= 11 is 0. The number of hydrogen-bond acceptors (Lipinski definition) is 5. The van der Waals surface area contributed by atoms with Crippen molar-refractivity contribution in [3.05, 3.63) is 29.5 Å². The molecule has 5 nitrogen and oxygen atoms in total. The molecule has 5 heteroatoms. The summed E-state index contributed by atoms with van der Waals surface area (Å²) in [5.41, 5.74) is 3.39. The van der Waals surface area contributed by atoms with Gasteiger partial charge in [0.2, 0.25) is 5.95 Å². The van der Waals surface area contributed by atoms with E-state index in [1.807, 2.05) is 0 Å². The first-order chi connectivity index (χ1) is 13.2. The Bertz CT molecular complexity index is 772. The highest BCUT2D eigenvalue weighted by atomic mass is 16.5. The van der Waals surface area contributed by atoms with Crippen LogP contribution in [0.3, 0.4) is 0 Å². The molecule has 0 bridgehead atoms. The number of anilines is 1. The fraction of sp³-hybridized carbons (Fsp3) is 0.636. The van der Waals surface area contributed by atoms with Gasteiger partial charge in [-0.3, -0.25) is 0 Å². The highest BCUT2D eigenvalue weighted by Crippen LogP contribution is 2.23. The number of ether oxygens (including phenoxy) is 1. The van der Waals surface area contributed by atoms with Crippen LogP contribution in [0.5, 0.6) is 0 Å². The number of fused-ring (bicyclic) bond motifs is 1. The topological polar surface area (TPSA) is 50.3 Å². The second-order valence-electron chi connectivity index (χ2n) is 8.21. The van der Waals surface area contributed by atoms with Crippen LogP contribution in [-0.4, -0.2) is 48.9 Å². The lowest BCUT2D eigenvalue weighted by atomic mass is 9.99.